The zero-order chi connectivity index (χ0) is 19.5. The van der Waals surface area contributed by atoms with Crippen LogP contribution < -0.4 is 5.32 Å². The topological polar surface area (TPSA) is 54.9 Å². The van der Waals surface area contributed by atoms with Crippen LogP contribution in [-0.4, -0.2) is 15.9 Å². The van der Waals surface area contributed by atoms with E-state index in [0.29, 0.717) is 21.3 Å². The highest BCUT2D eigenvalue weighted by Crippen LogP contribution is 2.33. The van der Waals surface area contributed by atoms with E-state index in [0.717, 1.165) is 26.0 Å². The number of halogens is 2. The number of anilines is 1. The molecule has 0 aliphatic heterocycles. The highest BCUT2D eigenvalue weighted by Gasteiger charge is 2.11. The number of rotatable bonds is 5. The summed E-state index contributed by atoms with van der Waals surface area (Å²) in [4.78, 5) is 21.4. The molecule has 4 nitrogen and oxygen atoms in total. The third-order valence-electron chi connectivity index (χ3n) is 3.88. The van der Waals surface area contributed by atoms with Gasteiger partial charge in [0.2, 0.25) is 0 Å². The number of hydrogen-bond donors (Lipinski definition) is 1. The Balaban J connectivity index is 1.48. The van der Waals surface area contributed by atoms with Crippen LogP contribution in [0.3, 0.4) is 0 Å². The molecular weight excluding hydrogens is 433 g/mol. The van der Waals surface area contributed by atoms with Crippen LogP contribution in [0.15, 0.2) is 65.1 Å². The Morgan fingerprint density at radius 3 is 2.75 bits per heavy atom. The number of carbonyl (C=O) groups is 1. The zero-order valence-electron chi connectivity index (χ0n) is 14.4. The Labute approximate surface area is 179 Å². The summed E-state index contributed by atoms with van der Waals surface area (Å²) in [5, 5.41) is 3.65. The maximum Gasteiger partial charge on any atom is 0.255 e. The van der Waals surface area contributed by atoms with E-state index < -0.39 is 0 Å². The van der Waals surface area contributed by atoms with Gasteiger partial charge in [0.1, 0.15) is 0 Å². The van der Waals surface area contributed by atoms with Gasteiger partial charge in [-0.15, -0.1) is 11.3 Å². The van der Waals surface area contributed by atoms with Crippen molar-refractivity contribution < 1.29 is 4.79 Å². The number of nitrogens with one attached hydrogen (secondary N) is 1. The first kappa shape index (κ1) is 19.2. The van der Waals surface area contributed by atoms with Gasteiger partial charge in [0.25, 0.3) is 5.91 Å². The fraction of sp³-hybridized carbons (Fsp3) is 0.0500. The molecule has 0 aliphatic rings. The van der Waals surface area contributed by atoms with Crippen molar-refractivity contribution in [1.82, 2.24) is 9.97 Å². The summed E-state index contributed by atoms with van der Waals surface area (Å²) >= 11 is 15.1. The predicted octanol–water partition coefficient (Wildman–Crippen LogP) is 6.54. The van der Waals surface area contributed by atoms with Crippen LogP contribution in [0.2, 0.25) is 10.0 Å². The second-order valence-corrected chi connectivity index (χ2v) is 8.92. The SMILES string of the molecule is O=C(Nc1ccc2nc(SCc3ccccn3)sc2c1)c1ccc(Cl)c(Cl)c1. The van der Waals surface area contributed by atoms with Crippen molar-refractivity contribution in [3.8, 4) is 0 Å². The Kier molecular flexibility index (Phi) is 5.82. The molecule has 2 aromatic heterocycles. The molecule has 28 heavy (non-hydrogen) atoms. The lowest BCUT2D eigenvalue weighted by Gasteiger charge is -2.06. The van der Waals surface area contributed by atoms with Crippen molar-refractivity contribution >= 4 is 68.1 Å². The molecule has 0 spiro atoms. The van der Waals surface area contributed by atoms with Gasteiger partial charge in [-0.1, -0.05) is 41.0 Å². The van der Waals surface area contributed by atoms with Gasteiger partial charge in [-0.05, 0) is 48.5 Å². The molecule has 4 rings (SSSR count). The molecule has 0 radical (unpaired) electrons. The normalized spacial score (nSPS) is 10.9. The molecule has 4 aromatic rings. The Hall–Kier alpha value is -2.12. The van der Waals surface area contributed by atoms with Crippen LogP contribution in [-0.2, 0) is 5.75 Å². The van der Waals surface area contributed by atoms with Crippen molar-refractivity contribution in [2.45, 2.75) is 10.1 Å². The van der Waals surface area contributed by atoms with Gasteiger partial charge in [-0.25, -0.2) is 4.98 Å². The lowest BCUT2D eigenvalue weighted by Crippen LogP contribution is -2.11. The van der Waals surface area contributed by atoms with Crippen LogP contribution >= 0.6 is 46.3 Å². The van der Waals surface area contributed by atoms with E-state index in [9.17, 15) is 4.79 Å². The largest absolute Gasteiger partial charge is 0.322 e. The van der Waals surface area contributed by atoms with Crippen molar-refractivity contribution in [2.24, 2.45) is 0 Å². The summed E-state index contributed by atoms with van der Waals surface area (Å²) < 4.78 is 1.98. The summed E-state index contributed by atoms with van der Waals surface area (Å²) in [5.41, 5.74) is 3.07. The van der Waals surface area contributed by atoms with E-state index in [1.165, 1.54) is 0 Å². The summed E-state index contributed by atoms with van der Waals surface area (Å²) in [6.45, 7) is 0. The predicted molar refractivity (Wildman–Crippen MR) is 118 cm³/mol. The molecule has 0 unspecified atom stereocenters. The average molecular weight is 446 g/mol. The molecule has 0 saturated carbocycles. The van der Waals surface area contributed by atoms with E-state index in [4.69, 9.17) is 23.2 Å². The number of nitrogens with zero attached hydrogens (tertiary/aromatic N) is 2. The van der Waals surface area contributed by atoms with Gasteiger partial charge in [0.15, 0.2) is 4.34 Å². The van der Waals surface area contributed by atoms with Gasteiger partial charge in [0.05, 0.1) is 26.0 Å². The number of carbonyl (C=O) groups excluding carboxylic acids is 1. The summed E-state index contributed by atoms with van der Waals surface area (Å²) in [7, 11) is 0. The number of fused-ring (bicyclic) bond motifs is 1. The molecule has 0 saturated heterocycles. The molecule has 2 aromatic carbocycles. The zero-order valence-corrected chi connectivity index (χ0v) is 17.5. The molecule has 1 amide bonds. The van der Waals surface area contributed by atoms with Gasteiger partial charge < -0.3 is 5.32 Å². The van der Waals surface area contributed by atoms with E-state index in [2.05, 4.69) is 15.3 Å². The number of pyridine rings is 1. The monoisotopic (exact) mass is 445 g/mol. The highest BCUT2D eigenvalue weighted by molar-refractivity contribution is 8.00. The van der Waals surface area contributed by atoms with Gasteiger partial charge in [0, 0.05) is 23.2 Å². The van der Waals surface area contributed by atoms with Crippen molar-refractivity contribution in [3.05, 3.63) is 82.1 Å². The molecule has 0 fully saturated rings. The minimum absolute atomic E-state index is 0.243. The number of thiazole rings is 1. The Morgan fingerprint density at radius 2 is 1.96 bits per heavy atom. The minimum atomic E-state index is -0.243. The Bertz CT molecular complexity index is 1150. The van der Waals surface area contributed by atoms with Crippen LogP contribution in [0.1, 0.15) is 16.1 Å². The van der Waals surface area contributed by atoms with E-state index in [-0.39, 0.29) is 5.91 Å². The minimum Gasteiger partial charge on any atom is -0.322 e. The van der Waals surface area contributed by atoms with E-state index in [1.807, 2.05) is 36.4 Å². The standard InChI is InChI=1S/C20H13Cl2N3OS2/c21-15-6-4-12(9-16(15)22)19(26)24-13-5-7-17-18(10-13)28-20(25-17)27-11-14-3-1-2-8-23-14/h1-10H,11H2,(H,24,26). The van der Waals surface area contributed by atoms with Gasteiger partial charge in [-0.2, -0.15) is 0 Å². The first-order chi connectivity index (χ1) is 13.6. The summed E-state index contributed by atoms with van der Waals surface area (Å²) in [6.07, 6.45) is 1.79. The number of benzene rings is 2. The van der Waals surface area contributed by atoms with E-state index >= 15 is 0 Å². The molecule has 1 N–H and O–H groups in total. The van der Waals surface area contributed by atoms with Crippen LogP contribution in [0, 0.1) is 0 Å². The highest BCUT2D eigenvalue weighted by atomic mass is 35.5. The molecule has 0 bridgehead atoms. The molecule has 0 aliphatic carbocycles. The van der Waals surface area contributed by atoms with Crippen molar-refractivity contribution in [2.75, 3.05) is 5.32 Å². The smallest absolute Gasteiger partial charge is 0.255 e. The maximum absolute atomic E-state index is 12.4. The number of aromatic nitrogens is 2. The summed E-state index contributed by atoms with van der Waals surface area (Å²) in [5.74, 6) is 0.522. The first-order valence-electron chi connectivity index (χ1n) is 8.28. The third-order valence-corrected chi connectivity index (χ3v) is 6.81. The first-order valence-corrected chi connectivity index (χ1v) is 10.8. The quantitative estimate of drug-likeness (QED) is 0.354. The molecule has 8 heteroatoms. The van der Waals surface area contributed by atoms with Crippen molar-refractivity contribution in [3.63, 3.8) is 0 Å². The fourth-order valence-electron chi connectivity index (χ4n) is 2.50. The third kappa shape index (κ3) is 4.47. The molecule has 0 atom stereocenters. The Morgan fingerprint density at radius 1 is 1.07 bits per heavy atom. The number of amides is 1. The molecule has 2 heterocycles. The van der Waals surface area contributed by atoms with Crippen LogP contribution in [0.4, 0.5) is 5.69 Å². The summed E-state index contributed by atoms with van der Waals surface area (Å²) in [6, 6.07) is 16.3. The molecular formula is C20H13Cl2N3OS2. The number of hydrogen-bond acceptors (Lipinski definition) is 5. The van der Waals surface area contributed by atoms with Gasteiger partial charge >= 0.3 is 0 Å². The average Bonchev–Trinajstić information content (AvgIpc) is 3.11. The maximum atomic E-state index is 12.4. The lowest BCUT2D eigenvalue weighted by molar-refractivity contribution is 0.102. The van der Waals surface area contributed by atoms with Gasteiger partial charge in [-0.3, -0.25) is 9.78 Å². The van der Waals surface area contributed by atoms with Crippen LogP contribution in [0.5, 0.6) is 0 Å². The second kappa shape index (κ2) is 8.49. The number of thioether (sulfide) groups is 1. The second-order valence-electron chi connectivity index (χ2n) is 5.86. The van der Waals surface area contributed by atoms with Crippen molar-refractivity contribution in [1.29, 1.82) is 0 Å². The van der Waals surface area contributed by atoms with E-state index in [1.54, 1.807) is 47.5 Å². The lowest BCUT2D eigenvalue weighted by atomic mass is 10.2. The fourth-order valence-corrected chi connectivity index (χ4v) is 4.82. The molecule has 140 valence electrons. The van der Waals surface area contributed by atoms with Crippen LogP contribution in [0.25, 0.3) is 10.2 Å².